The van der Waals surface area contributed by atoms with Crippen LogP contribution in [0.5, 0.6) is 0 Å². The monoisotopic (exact) mass is 544 g/mol. The van der Waals surface area contributed by atoms with Crippen molar-refractivity contribution in [3.8, 4) is 0 Å². The topological polar surface area (TPSA) is 0 Å². The van der Waals surface area contributed by atoms with E-state index in [0.717, 1.165) is 19.3 Å². The Hall–Kier alpha value is -3.90. The summed E-state index contributed by atoms with van der Waals surface area (Å²) >= 11 is 0. The van der Waals surface area contributed by atoms with Gasteiger partial charge in [-0.25, -0.2) is 0 Å². The van der Waals surface area contributed by atoms with Crippen LogP contribution < -0.4 is 0 Å². The number of rotatable bonds is 1. The van der Waals surface area contributed by atoms with Crippen LogP contribution in [-0.2, 0) is 19.3 Å². The average molecular weight is 545 g/mol. The lowest BCUT2D eigenvalue weighted by Crippen LogP contribution is -2.27. The highest BCUT2D eigenvalue weighted by molar-refractivity contribution is 5.71. The predicted molar refractivity (Wildman–Crippen MR) is 176 cm³/mol. The number of hydrogen-bond acceptors (Lipinski definition) is 0. The fourth-order valence-electron chi connectivity index (χ4n) is 9.17. The van der Waals surface area contributed by atoms with E-state index >= 15 is 0 Å². The number of benzene rings is 5. The smallest absolute Gasteiger partial charge is 0.0357 e. The molecule has 0 nitrogen and oxygen atoms in total. The molecule has 0 radical (unpaired) electrons. The molecule has 0 spiro atoms. The molecule has 0 saturated carbocycles. The standard InChI is InChI=1S/C42H40/c1-22-23(2)26(5)38-35(24(22)3)20-31-15-12-16-32-21-36-25(4)27(6)37(28(7)39(36)42(38)40(31)32)41-33-17-10-8-13-29(33)19-30-14-9-11-18-34(30)41/h8-18,41-42H,19-21H2,1-7H3. The van der Waals surface area contributed by atoms with Gasteiger partial charge in [0.15, 0.2) is 0 Å². The zero-order valence-electron chi connectivity index (χ0n) is 26.1. The maximum Gasteiger partial charge on any atom is 0.0357 e. The first-order chi connectivity index (χ1) is 20.3. The molecular weight excluding hydrogens is 504 g/mol. The quantitative estimate of drug-likeness (QED) is 0.193. The maximum absolute atomic E-state index is 2.46. The highest BCUT2D eigenvalue weighted by Crippen LogP contribution is 2.54. The summed E-state index contributed by atoms with van der Waals surface area (Å²) in [6, 6.07) is 25.5. The molecule has 0 saturated heterocycles. The van der Waals surface area contributed by atoms with Crippen LogP contribution in [0.4, 0.5) is 0 Å². The van der Waals surface area contributed by atoms with Crippen molar-refractivity contribution in [2.45, 2.75) is 79.6 Å². The second-order valence-electron chi connectivity index (χ2n) is 13.4. The SMILES string of the molecule is Cc1c(C)c(C)c2c(c1C)Cc1cccc3c1C2c1c(C)c(C2c4ccccc4Cc4ccccc42)c(C)c(C)c1C3. The number of fused-ring (bicyclic) bond motifs is 6. The van der Waals surface area contributed by atoms with Crippen molar-refractivity contribution in [3.05, 3.63) is 172 Å². The average Bonchev–Trinajstić information content (AvgIpc) is 3.01. The molecular formula is C42H40. The molecule has 0 amide bonds. The van der Waals surface area contributed by atoms with Crippen LogP contribution in [-0.4, -0.2) is 0 Å². The van der Waals surface area contributed by atoms with Crippen LogP contribution in [0.3, 0.4) is 0 Å². The molecule has 1 atom stereocenters. The minimum Gasteiger partial charge on any atom is -0.0620 e. The molecule has 208 valence electrons. The second kappa shape index (κ2) is 9.05. The van der Waals surface area contributed by atoms with Crippen molar-refractivity contribution in [2.75, 3.05) is 0 Å². The molecule has 0 heteroatoms. The van der Waals surface area contributed by atoms with Gasteiger partial charge >= 0.3 is 0 Å². The Kier molecular flexibility index (Phi) is 5.55. The van der Waals surface area contributed by atoms with E-state index in [9.17, 15) is 0 Å². The van der Waals surface area contributed by atoms with E-state index in [2.05, 4.69) is 115 Å². The van der Waals surface area contributed by atoms with Gasteiger partial charge in [0, 0.05) is 11.8 Å². The van der Waals surface area contributed by atoms with Crippen molar-refractivity contribution in [2.24, 2.45) is 0 Å². The fraction of sp³-hybridized carbons (Fsp3) is 0.286. The largest absolute Gasteiger partial charge is 0.0620 e. The van der Waals surface area contributed by atoms with Gasteiger partial charge in [0.25, 0.3) is 0 Å². The summed E-state index contributed by atoms with van der Waals surface area (Å²) in [4.78, 5) is 0. The summed E-state index contributed by atoms with van der Waals surface area (Å²) in [5.74, 6) is 0.561. The van der Waals surface area contributed by atoms with Gasteiger partial charge in [-0.3, -0.25) is 0 Å². The third kappa shape index (κ3) is 3.30. The summed E-state index contributed by atoms with van der Waals surface area (Å²) in [7, 11) is 0. The van der Waals surface area contributed by atoms with Crippen LogP contribution in [0.2, 0.25) is 0 Å². The lowest BCUT2D eigenvalue weighted by Gasteiger charge is -2.41. The Balaban J connectivity index is 1.48. The third-order valence-corrected chi connectivity index (χ3v) is 11.7. The van der Waals surface area contributed by atoms with Gasteiger partial charge in [-0.05, 0) is 173 Å². The van der Waals surface area contributed by atoms with E-state index in [1.54, 1.807) is 27.8 Å². The molecule has 42 heavy (non-hydrogen) atoms. The van der Waals surface area contributed by atoms with E-state index in [1.165, 1.54) is 77.9 Å². The van der Waals surface area contributed by atoms with Gasteiger partial charge in [0.1, 0.15) is 0 Å². The van der Waals surface area contributed by atoms with Crippen LogP contribution >= 0.6 is 0 Å². The fourth-order valence-corrected chi connectivity index (χ4v) is 9.17. The highest BCUT2D eigenvalue weighted by Gasteiger charge is 2.40. The highest BCUT2D eigenvalue weighted by atomic mass is 14.4. The predicted octanol–water partition coefficient (Wildman–Crippen LogP) is 9.92. The van der Waals surface area contributed by atoms with E-state index in [4.69, 9.17) is 0 Å². The van der Waals surface area contributed by atoms with Gasteiger partial charge in [0.2, 0.25) is 0 Å². The van der Waals surface area contributed by atoms with Gasteiger partial charge < -0.3 is 0 Å². The van der Waals surface area contributed by atoms with Gasteiger partial charge in [0.05, 0.1) is 0 Å². The van der Waals surface area contributed by atoms with Crippen LogP contribution in [0.25, 0.3) is 0 Å². The maximum atomic E-state index is 2.46. The van der Waals surface area contributed by atoms with E-state index < -0.39 is 0 Å². The van der Waals surface area contributed by atoms with Crippen molar-refractivity contribution >= 4 is 0 Å². The molecule has 8 rings (SSSR count). The van der Waals surface area contributed by atoms with Crippen molar-refractivity contribution in [3.63, 3.8) is 0 Å². The zero-order chi connectivity index (χ0) is 29.0. The summed E-state index contributed by atoms with van der Waals surface area (Å²) < 4.78 is 0. The van der Waals surface area contributed by atoms with Crippen molar-refractivity contribution < 1.29 is 0 Å². The molecule has 5 aromatic carbocycles. The van der Waals surface area contributed by atoms with Crippen molar-refractivity contribution in [1.82, 2.24) is 0 Å². The summed E-state index contributed by atoms with van der Waals surface area (Å²) in [6.07, 6.45) is 3.12. The molecule has 1 unspecified atom stereocenters. The minimum atomic E-state index is 0.262. The van der Waals surface area contributed by atoms with Gasteiger partial charge in [-0.2, -0.15) is 0 Å². The number of hydrogen-bond donors (Lipinski definition) is 0. The molecule has 0 bridgehead atoms. The minimum absolute atomic E-state index is 0.262. The van der Waals surface area contributed by atoms with Crippen LogP contribution in [0.1, 0.15) is 118 Å². The normalized spacial score (nSPS) is 16.3. The van der Waals surface area contributed by atoms with E-state index in [-0.39, 0.29) is 5.92 Å². The first-order valence-corrected chi connectivity index (χ1v) is 15.8. The van der Waals surface area contributed by atoms with Crippen LogP contribution in [0.15, 0.2) is 66.7 Å². The first-order valence-electron chi connectivity index (χ1n) is 15.8. The lowest BCUT2D eigenvalue weighted by atomic mass is 9.62. The summed E-state index contributed by atoms with van der Waals surface area (Å²) in [5, 5.41) is 0. The van der Waals surface area contributed by atoms with Crippen LogP contribution in [0, 0.1) is 48.5 Å². The molecule has 3 aliphatic rings. The summed E-state index contributed by atoms with van der Waals surface area (Å²) in [6.45, 7) is 16.7. The molecule has 0 fully saturated rings. The Labute approximate surface area is 251 Å². The van der Waals surface area contributed by atoms with Crippen molar-refractivity contribution in [1.29, 1.82) is 0 Å². The molecule has 0 aromatic heterocycles. The molecule has 0 N–H and O–H groups in total. The van der Waals surface area contributed by atoms with E-state index in [0.29, 0.717) is 5.92 Å². The molecule has 0 aliphatic heterocycles. The zero-order valence-corrected chi connectivity index (χ0v) is 26.1. The Morgan fingerprint density at radius 2 is 0.810 bits per heavy atom. The third-order valence-electron chi connectivity index (χ3n) is 11.7. The van der Waals surface area contributed by atoms with Gasteiger partial charge in [-0.15, -0.1) is 0 Å². The molecule has 3 aliphatic carbocycles. The van der Waals surface area contributed by atoms with Gasteiger partial charge in [-0.1, -0.05) is 66.7 Å². The Morgan fingerprint density at radius 3 is 1.40 bits per heavy atom. The second-order valence-corrected chi connectivity index (χ2v) is 13.4. The lowest BCUT2D eigenvalue weighted by molar-refractivity contribution is 0.782. The first kappa shape index (κ1) is 25.8. The Morgan fingerprint density at radius 1 is 0.357 bits per heavy atom. The molecule has 0 heterocycles. The van der Waals surface area contributed by atoms with E-state index in [1.807, 2.05) is 0 Å². The Bertz CT molecular complexity index is 1920. The molecule has 5 aromatic rings. The summed E-state index contributed by atoms with van der Waals surface area (Å²) in [5.41, 5.74) is 28.9.